The molecule has 0 bridgehead atoms. The van der Waals surface area contributed by atoms with Gasteiger partial charge in [0.2, 0.25) is 0 Å². The molecule has 1 saturated heterocycles. The van der Waals surface area contributed by atoms with Gasteiger partial charge in [0.05, 0.1) is 0 Å². The average Bonchev–Trinajstić information content (AvgIpc) is 2.46. The molecule has 1 saturated carbocycles. The summed E-state index contributed by atoms with van der Waals surface area (Å²) < 4.78 is 0. The molecule has 1 heterocycles. The molecular weight excluding hydrogens is 264 g/mol. The fraction of sp³-hybridized carbons (Fsp3) is 1.00. The molecule has 1 N–H and O–H groups in total. The normalized spacial score (nSPS) is 39.9. The predicted molar refractivity (Wildman–Crippen MR) is 91.5 cm³/mol. The first-order valence-corrected chi connectivity index (χ1v) is 9.79. The molecule has 0 aromatic rings. The molecule has 20 heavy (non-hydrogen) atoms. The maximum absolute atomic E-state index is 3.76. The molecular formula is C17H34N2S. The van der Waals surface area contributed by atoms with E-state index in [1.807, 2.05) is 0 Å². The van der Waals surface area contributed by atoms with E-state index in [1.54, 1.807) is 0 Å². The van der Waals surface area contributed by atoms with Crippen LogP contribution in [0.1, 0.15) is 53.4 Å². The Labute approximate surface area is 130 Å². The zero-order valence-corrected chi connectivity index (χ0v) is 14.7. The zero-order valence-electron chi connectivity index (χ0n) is 13.9. The van der Waals surface area contributed by atoms with Crippen LogP contribution in [0.15, 0.2) is 0 Å². The van der Waals surface area contributed by atoms with Crippen molar-refractivity contribution in [1.82, 2.24) is 10.2 Å². The smallest absolute Gasteiger partial charge is 0.0184 e. The summed E-state index contributed by atoms with van der Waals surface area (Å²) in [6.45, 7) is 13.2. The van der Waals surface area contributed by atoms with E-state index in [0.29, 0.717) is 0 Å². The molecule has 5 unspecified atom stereocenters. The minimum atomic E-state index is 0.748. The third-order valence-corrected chi connectivity index (χ3v) is 6.96. The summed E-state index contributed by atoms with van der Waals surface area (Å²) in [7, 11) is 0. The molecule has 2 aliphatic rings. The monoisotopic (exact) mass is 298 g/mol. The highest BCUT2D eigenvalue weighted by molar-refractivity contribution is 8.00. The number of nitrogens with one attached hydrogen (secondary N) is 1. The Morgan fingerprint density at radius 3 is 2.70 bits per heavy atom. The molecule has 5 atom stereocenters. The maximum Gasteiger partial charge on any atom is 0.0184 e. The standard InChI is InChI=1S/C17H34N2S/c1-5-15-7-8-17(18-6-2)16(11-15)12-19-9-10-20-14(4)13(19)3/h13-18H,5-12H2,1-4H3. The van der Waals surface area contributed by atoms with E-state index in [2.05, 4.69) is 49.7 Å². The number of rotatable bonds is 5. The van der Waals surface area contributed by atoms with Gasteiger partial charge in [-0.1, -0.05) is 27.2 Å². The summed E-state index contributed by atoms with van der Waals surface area (Å²) in [5, 5.41) is 4.56. The lowest BCUT2D eigenvalue weighted by molar-refractivity contribution is 0.116. The van der Waals surface area contributed by atoms with Gasteiger partial charge in [0, 0.05) is 36.2 Å². The molecule has 0 aromatic carbocycles. The summed E-state index contributed by atoms with van der Waals surface area (Å²) in [5.41, 5.74) is 0. The van der Waals surface area contributed by atoms with E-state index >= 15 is 0 Å². The van der Waals surface area contributed by atoms with E-state index < -0.39 is 0 Å². The van der Waals surface area contributed by atoms with Crippen molar-refractivity contribution >= 4 is 11.8 Å². The largest absolute Gasteiger partial charge is 0.314 e. The second-order valence-corrected chi connectivity index (χ2v) is 8.31. The molecule has 2 fully saturated rings. The van der Waals surface area contributed by atoms with Crippen LogP contribution in [-0.2, 0) is 0 Å². The van der Waals surface area contributed by atoms with E-state index in [0.717, 1.165) is 35.7 Å². The van der Waals surface area contributed by atoms with Crippen molar-refractivity contribution in [3.05, 3.63) is 0 Å². The Morgan fingerprint density at radius 1 is 1.20 bits per heavy atom. The van der Waals surface area contributed by atoms with Crippen molar-refractivity contribution in [2.75, 3.05) is 25.4 Å². The molecule has 0 amide bonds. The van der Waals surface area contributed by atoms with Crippen LogP contribution in [0, 0.1) is 11.8 Å². The minimum Gasteiger partial charge on any atom is -0.314 e. The fourth-order valence-electron chi connectivity index (χ4n) is 4.02. The van der Waals surface area contributed by atoms with Gasteiger partial charge in [0.1, 0.15) is 0 Å². The molecule has 0 aromatic heterocycles. The average molecular weight is 299 g/mol. The van der Waals surface area contributed by atoms with Gasteiger partial charge in [-0.05, 0) is 44.6 Å². The Balaban J connectivity index is 1.95. The Morgan fingerprint density at radius 2 is 2.00 bits per heavy atom. The van der Waals surface area contributed by atoms with E-state index in [-0.39, 0.29) is 0 Å². The van der Waals surface area contributed by atoms with Crippen LogP contribution in [0.4, 0.5) is 0 Å². The van der Waals surface area contributed by atoms with Gasteiger partial charge in [-0.3, -0.25) is 4.90 Å². The third kappa shape index (κ3) is 4.14. The van der Waals surface area contributed by atoms with Crippen molar-refractivity contribution < 1.29 is 0 Å². The summed E-state index contributed by atoms with van der Waals surface area (Å²) in [6.07, 6.45) is 5.64. The van der Waals surface area contributed by atoms with Crippen molar-refractivity contribution in [2.45, 2.75) is 70.7 Å². The van der Waals surface area contributed by atoms with Gasteiger partial charge >= 0.3 is 0 Å². The number of thioether (sulfide) groups is 1. The van der Waals surface area contributed by atoms with Crippen molar-refractivity contribution in [2.24, 2.45) is 11.8 Å². The van der Waals surface area contributed by atoms with E-state index in [4.69, 9.17) is 0 Å². The number of hydrogen-bond acceptors (Lipinski definition) is 3. The first-order chi connectivity index (χ1) is 9.65. The fourth-order valence-corrected chi connectivity index (χ4v) is 5.18. The predicted octanol–water partition coefficient (Wildman–Crippen LogP) is 3.62. The van der Waals surface area contributed by atoms with Crippen molar-refractivity contribution in [1.29, 1.82) is 0 Å². The first kappa shape index (κ1) is 16.6. The molecule has 0 spiro atoms. The topological polar surface area (TPSA) is 15.3 Å². The lowest BCUT2D eigenvalue weighted by atomic mass is 9.76. The van der Waals surface area contributed by atoms with Gasteiger partial charge in [-0.2, -0.15) is 11.8 Å². The summed E-state index contributed by atoms with van der Waals surface area (Å²) >= 11 is 2.15. The Hall–Kier alpha value is 0.270. The van der Waals surface area contributed by atoms with Crippen LogP contribution >= 0.6 is 11.8 Å². The first-order valence-electron chi connectivity index (χ1n) is 8.74. The van der Waals surface area contributed by atoms with Gasteiger partial charge in [0.25, 0.3) is 0 Å². The van der Waals surface area contributed by atoms with E-state index in [1.165, 1.54) is 44.5 Å². The molecule has 2 rings (SSSR count). The zero-order chi connectivity index (χ0) is 14.5. The molecule has 1 aliphatic carbocycles. The molecule has 0 radical (unpaired) electrons. The van der Waals surface area contributed by atoms with Gasteiger partial charge < -0.3 is 5.32 Å². The summed E-state index contributed by atoms with van der Waals surface area (Å²) in [6, 6.07) is 1.51. The van der Waals surface area contributed by atoms with Crippen LogP contribution in [0.5, 0.6) is 0 Å². The van der Waals surface area contributed by atoms with Gasteiger partial charge in [0.15, 0.2) is 0 Å². The molecule has 2 nitrogen and oxygen atoms in total. The van der Waals surface area contributed by atoms with E-state index in [9.17, 15) is 0 Å². The quantitative estimate of drug-likeness (QED) is 0.834. The molecule has 118 valence electrons. The maximum atomic E-state index is 3.76. The van der Waals surface area contributed by atoms with Crippen LogP contribution in [0.25, 0.3) is 0 Å². The van der Waals surface area contributed by atoms with Gasteiger partial charge in [-0.15, -0.1) is 0 Å². The lowest BCUT2D eigenvalue weighted by Crippen LogP contribution is -2.51. The highest BCUT2D eigenvalue weighted by Gasteiger charge is 2.33. The van der Waals surface area contributed by atoms with Gasteiger partial charge in [-0.25, -0.2) is 0 Å². The number of nitrogens with zero attached hydrogens (tertiary/aromatic N) is 1. The molecule has 1 aliphatic heterocycles. The Bertz CT molecular complexity index is 284. The van der Waals surface area contributed by atoms with Crippen LogP contribution in [0.3, 0.4) is 0 Å². The molecule has 3 heteroatoms. The van der Waals surface area contributed by atoms with Crippen LogP contribution in [-0.4, -0.2) is 47.6 Å². The van der Waals surface area contributed by atoms with Crippen molar-refractivity contribution in [3.63, 3.8) is 0 Å². The summed E-state index contributed by atoms with van der Waals surface area (Å²) in [5.74, 6) is 3.16. The summed E-state index contributed by atoms with van der Waals surface area (Å²) in [4.78, 5) is 2.77. The number of hydrogen-bond donors (Lipinski definition) is 1. The third-order valence-electron chi connectivity index (χ3n) is 5.62. The second kappa shape index (κ2) is 8.05. The lowest BCUT2D eigenvalue weighted by Gasteiger charge is -2.43. The highest BCUT2D eigenvalue weighted by Crippen LogP contribution is 2.33. The van der Waals surface area contributed by atoms with Crippen LogP contribution < -0.4 is 5.32 Å². The van der Waals surface area contributed by atoms with Crippen LogP contribution in [0.2, 0.25) is 0 Å². The van der Waals surface area contributed by atoms with Crippen molar-refractivity contribution in [3.8, 4) is 0 Å². The minimum absolute atomic E-state index is 0.748. The second-order valence-electron chi connectivity index (χ2n) is 6.82. The SMILES string of the molecule is CCNC1CCC(CC)CC1CN1CCSC(C)C1C. The highest BCUT2D eigenvalue weighted by atomic mass is 32.2. The Kier molecular flexibility index (Phi) is 6.70.